The van der Waals surface area contributed by atoms with Gasteiger partial charge in [0.2, 0.25) is 5.95 Å². The van der Waals surface area contributed by atoms with Crippen molar-refractivity contribution in [1.29, 1.82) is 0 Å². The van der Waals surface area contributed by atoms with Gasteiger partial charge in [-0.3, -0.25) is 0 Å². The second-order valence-corrected chi connectivity index (χ2v) is 5.41. The van der Waals surface area contributed by atoms with Gasteiger partial charge in [-0.15, -0.1) is 0 Å². The molecule has 1 aliphatic heterocycles. The van der Waals surface area contributed by atoms with E-state index in [1.54, 1.807) is 6.20 Å². The first-order chi connectivity index (χ1) is 9.17. The summed E-state index contributed by atoms with van der Waals surface area (Å²) in [5.41, 5.74) is 0. The van der Waals surface area contributed by atoms with E-state index in [9.17, 15) is 5.11 Å². The fourth-order valence-corrected chi connectivity index (χ4v) is 2.63. The fourth-order valence-electron chi connectivity index (χ4n) is 2.43. The normalized spacial score (nSPS) is 22.8. The van der Waals surface area contributed by atoms with Gasteiger partial charge < -0.3 is 15.3 Å². The molecule has 106 valence electrons. The number of aromatic nitrogens is 2. The second kappa shape index (κ2) is 6.39. The molecule has 0 saturated carbocycles. The molecule has 1 aromatic rings. The molecule has 2 heterocycles. The molecule has 0 bridgehead atoms. The van der Waals surface area contributed by atoms with Gasteiger partial charge in [-0.25, -0.2) is 4.98 Å². The summed E-state index contributed by atoms with van der Waals surface area (Å²) < 4.78 is 0. The van der Waals surface area contributed by atoms with Crippen LogP contribution in [0.1, 0.15) is 26.7 Å². The quantitative estimate of drug-likeness (QED) is 0.868. The van der Waals surface area contributed by atoms with E-state index in [4.69, 9.17) is 11.6 Å². The molecule has 0 aromatic carbocycles. The molecule has 0 amide bonds. The topological polar surface area (TPSA) is 61.3 Å². The molecule has 2 rings (SSSR count). The number of rotatable bonds is 5. The van der Waals surface area contributed by atoms with E-state index in [0.29, 0.717) is 16.9 Å². The van der Waals surface area contributed by atoms with Gasteiger partial charge in [0.15, 0.2) is 5.82 Å². The van der Waals surface area contributed by atoms with Crippen molar-refractivity contribution in [3.05, 3.63) is 11.2 Å². The maximum atomic E-state index is 9.53. The van der Waals surface area contributed by atoms with Gasteiger partial charge in [-0.2, -0.15) is 4.98 Å². The van der Waals surface area contributed by atoms with Crippen LogP contribution in [0.3, 0.4) is 0 Å². The van der Waals surface area contributed by atoms with Crippen molar-refractivity contribution < 1.29 is 5.11 Å². The van der Waals surface area contributed by atoms with E-state index in [-0.39, 0.29) is 12.6 Å². The van der Waals surface area contributed by atoms with Crippen molar-refractivity contribution >= 4 is 23.4 Å². The van der Waals surface area contributed by atoms with Crippen molar-refractivity contribution in [3.8, 4) is 0 Å². The molecule has 2 unspecified atom stereocenters. The maximum absolute atomic E-state index is 9.53. The number of halogens is 1. The highest BCUT2D eigenvalue weighted by Gasteiger charge is 2.32. The lowest BCUT2D eigenvalue weighted by Crippen LogP contribution is -2.36. The maximum Gasteiger partial charge on any atom is 0.224 e. The Bertz CT molecular complexity index is 429. The smallest absolute Gasteiger partial charge is 0.224 e. The standard InChI is InChI=1S/C13H21ClN4O/c1-3-5-15-13-16-7-10(14)12(17-13)18-6-4-9(2)11(18)8-19/h7,9,11,19H,3-6,8H2,1-2H3,(H,15,16,17). The largest absolute Gasteiger partial charge is 0.394 e. The Hall–Kier alpha value is -1.07. The Morgan fingerprint density at radius 2 is 2.37 bits per heavy atom. The van der Waals surface area contributed by atoms with Crippen molar-refractivity contribution in [1.82, 2.24) is 9.97 Å². The first-order valence-corrected chi connectivity index (χ1v) is 7.19. The Labute approximate surface area is 119 Å². The van der Waals surface area contributed by atoms with Gasteiger partial charge in [0.05, 0.1) is 18.8 Å². The summed E-state index contributed by atoms with van der Waals surface area (Å²) in [7, 11) is 0. The summed E-state index contributed by atoms with van der Waals surface area (Å²) in [6.07, 6.45) is 3.68. The molecule has 0 aliphatic carbocycles. The van der Waals surface area contributed by atoms with Crippen LogP contribution in [0.25, 0.3) is 0 Å². The molecule has 1 fully saturated rings. The van der Waals surface area contributed by atoms with Gasteiger partial charge >= 0.3 is 0 Å². The summed E-state index contributed by atoms with van der Waals surface area (Å²) in [5, 5.41) is 13.2. The summed E-state index contributed by atoms with van der Waals surface area (Å²) in [6.45, 7) is 6.07. The molecule has 19 heavy (non-hydrogen) atoms. The van der Waals surface area contributed by atoms with Crippen molar-refractivity contribution in [2.45, 2.75) is 32.7 Å². The average molecular weight is 285 g/mol. The third-order valence-corrected chi connectivity index (χ3v) is 3.87. The minimum absolute atomic E-state index is 0.0893. The number of hydrogen-bond acceptors (Lipinski definition) is 5. The lowest BCUT2D eigenvalue weighted by molar-refractivity contribution is 0.244. The Kier molecular flexibility index (Phi) is 4.82. The molecule has 1 aromatic heterocycles. The van der Waals surface area contributed by atoms with E-state index in [2.05, 4.69) is 34.0 Å². The highest BCUT2D eigenvalue weighted by atomic mass is 35.5. The van der Waals surface area contributed by atoms with Crippen LogP contribution >= 0.6 is 11.6 Å². The van der Waals surface area contributed by atoms with Crippen LogP contribution in [0.2, 0.25) is 5.02 Å². The molecule has 6 heteroatoms. The van der Waals surface area contributed by atoms with Gasteiger partial charge in [0.1, 0.15) is 5.02 Å². The van der Waals surface area contributed by atoms with Crippen LogP contribution in [-0.4, -0.2) is 40.8 Å². The zero-order chi connectivity index (χ0) is 13.8. The van der Waals surface area contributed by atoms with E-state index >= 15 is 0 Å². The highest BCUT2D eigenvalue weighted by molar-refractivity contribution is 6.32. The molecule has 1 saturated heterocycles. The molecular weight excluding hydrogens is 264 g/mol. The van der Waals surface area contributed by atoms with Crippen LogP contribution in [0, 0.1) is 5.92 Å². The Morgan fingerprint density at radius 1 is 1.58 bits per heavy atom. The Morgan fingerprint density at radius 3 is 3.05 bits per heavy atom. The van der Waals surface area contributed by atoms with Crippen LogP contribution in [0.4, 0.5) is 11.8 Å². The van der Waals surface area contributed by atoms with Crippen LogP contribution < -0.4 is 10.2 Å². The van der Waals surface area contributed by atoms with Crippen molar-refractivity contribution in [3.63, 3.8) is 0 Å². The lowest BCUT2D eigenvalue weighted by atomic mass is 10.0. The van der Waals surface area contributed by atoms with E-state index < -0.39 is 0 Å². The highest BCUT2D eigenvalue weighted by Crippen LogP contribution is 2.32. The first-order valence-electron chi connectivity index (χ1n) is 6.81. The number of nitrogens with zero attached hydrogens (tertiary/aromatic N) is 3. The molecule has 1 aliphatic rings. The molecule has 2 atom stereocenters. The first kappa shape index (κ1) is 14.3. The van der Waals surface area contributed by atoms with Crippen LogP contribution in [0.5, 0.6) is 0 Å². The molecule has 0 spiro atoms. The predicted molar refractivity (Wildman–Crippen MR) is 77.8 cm³/mol. The average Bonchev–Trinajstić information content (AvgIpc) is 2.78. The van der Waals surface area contributed by atoms with Crippen molar-refractivity contribution in [2.75, 3.05) is 29.9 Å². The molecule has 5 nitrogen and oxygen atoms in total. The van der Waals surface area contributed by atoms with Crippen LogP contribution in [-0.2, 0) is 0 Å². The molecular formula is C13H21ClN4O. The summed E-state index contributed by atoms with van der Waals surface area (Å²) >= 11 is 6.20. The number of aliphatic hydroxyl groups excluding tert-OH is 1. The van der Waals surface area contributed by atoms with E-state index in [1.807, 2.05) is 0 Å². The minimum Gasteiger partial charge on any atom is -0.394 e. The molecule has 2 N–H and O–H groups in total. The third kappa shape index (κ3) is 3.09. The van der Waals surface area contributed by atoms with Crippen LogP contribution in [0.15, 0.2) is 6.20 Å². The van der Waals surface area contributed by atoms with E-state index in [0.717, 1.165) is 31.7 Å². The SMILES string of the molecule is CCCNc1ncc(Cl)c(N2CCC(C)C2CO)n1. The summed E-state index contributed by atoms with van der Waals surface area (Å²) in [5.74, 6) is 1.76. The van der Waals surface area contributed by atoms with Crippen molar-refractivity contribution in [2.24, 2.45) is 5.92 Å². The minimum atomic E-state index is 0.0893. The summed E-state index contributed by atoms with van der Waals surface area (Å²) in [6, 6.07) is 0.0893. The number of aliphatic hydroxyl groups is 1. The van der Waals surface area contributed by atoms with Gasteiger partial charge in [0, 0.05) is 13.1 Å². The zero-order valence-corrected chi connectivity index (χ0v) is 12.2. The number of nitrogens with one attached hydrogen (secondary N) is 1. The van der Waals surface area contributed by atoms with E-state index in [1.165, 1.54) is 0 Å². The lowest BCUT2D eigenvalue weighted by Gasteiger charge is -2.27. The number of hydrogen-bond donors (Lipinski definition) is 2. The zero-order valence-electron chi connectivity index (χ0n) is 11.4. The van der Waals surface area contributed by atoms with Gasteiger partial charge in [-0.05, 0) is 18.8 Å². The third-order valence-electron chi connectivity index (χ3n) is 3.60. The number of anilines is 2. The monoisotopic (exact) mass is 284 g/mol. The fraction of sp³-hybridized carbons (Fsp3) is 0.692. The molecule has 0 radical (unpaired) electrons. The Balaban J connectivity index is 2.23. The van der Waals surface area contributed by atoms with Gasteiger partial charge in [-0.1, -0.05) is 25.4 Å². The predicted octanol–water partition coefficient (Wildman–Crippen LogP) is 2.16. The van der Waals surface area contributed by atoms with Gasteiger partial charge in [0.25, 0.3) is 0 Å². The summed E-state index contributed by atoms with van der Waals surface area (Å²) in [4.78, 5) is 10.7. The second-order valence-electron chi connectivity index (χ2n) is 5.00.